The van der Waals surface area contributed by atoms with Gasteiger partial charge in [-0.1, -0.05) is 67.1 Å². The van der Waals surface area contributed by atoms with Crippen LogP contribution in [0.3, 0.4) is 0 Å². The number of alkyl halides is 3. The van der Waals surface area contributed by atoms with Gasteiger partial charge in [-0.15, -0.1) is 11.3 Å². The van der Waals surface area contributed by atoms with Crippen LogP contribution >= 0.6 is 22.9 Å². The van der Waals surface area contributed by atoms with Crippen molar-refractivity contribution in [3.63, 3.8) is 0 Å². The van der Waals surface area contributed by atoms with E-state index < -0.39 is 23.3 Å². The molecule has 1 saturated carbocycles. The van der Waals surface area contributed by atoms with E-state index in [0.29, 0.717) is 26.9 Å². The van der Waals surface area contributed by atoms with Crippen molar-refractivity contribution in [1.82, 2.24) is 4.90 Å². The molecule has 1 aliphatic rings. The highest BCUT2D eigenvalue weighted by Crippen LogP contribution is 2.38. The molecule has 4 aromatic rings. The van der Waals surface area contributed by atoms with Crippen LogP contribution in [0.4, 0.5) is 17.6 Å². The molecule has 0 spiro atoms. The van der Waals surface area contributed by atoms with Gasteiger partial charge in [0.2, 0.25) is 0 Å². The highest BCUT2D eigenvalue weighted by atomic mass is 35.5. The smallest absolute Gasteiger partial charge is 0.330 e. The second-order valence-electron chi connectivity index (χ2n) is 10.3. The number of carbonyl (C=O) groups excluding carboxylic acids is 2. The second-order valence-corrected chi connectivity index (χ2v) is 11.7. The number of Topliss-reactive ketones (excluding diaryl/α,β-unsaturated/α-hetero) is 1. The molecule has 3 aromatic carbocycles. The van der Waals surface area contributed by atoms with E-state index in [1.807, 2.05) is 24.3 Å². The lowest BCUT2D eigenvalue weighted by Crippen LogP contribution is -2.41. The maximum atomic E-state index is 15.2. The van der Waals surface area contributed by atoms with E-state index in [9.17, 15) is 22.8 Å². The van der Waals surface area contributed by atoms with Gasteiger partial charge in [0.05, 0.1) is 5.02 Å². The summed E-state index contributed by atoms with van der Waals surface area (Å²) in [5, 5.41) is 1.19. The molecule has 208 valence electrons. The van der Waals surface area contributed by atoms with Gasteiger partial charge in [0.1, 0.15) is 10.7 Å². The Kier molecular flexibility index (Phi) is 8.02. The van der Waals surface area contributed by atoms with Crippen molar-refractivity contribution in [2.24, 2.45) is 5.92 Å². The Morgan fingerprint density at radius 2 is 1.60 bits per heavy atom. The highest BCUT2D eigenvalue weighted by molar-refractivity contribution is 7.21. The molecule has 3 nitrogen and oxygen atoms in total. The van der Waals surface area contributed by atoms with Crippen molar-refractivity contribution >= 4 is 44.7 Å². The molecule has 1 heterocycles. The van der Waals surface area contributed by atoms with Crippen LogP contribution in [0.5, 0.6) is 0 Å². The van der Waals surface area contributed by atoms with Gasteiger partial charge in [-0.05, 0) is 60.9 Å². The largest absolute Gasteiger partial charge is 0.454 e. The van der Waals surface area contributed by atoms with Crippen LogP contribution in [-0.2, 0) is 6.54 Å². The zero-order valence-electron chi connectivity index (χ0n) is 21.6. The Morgan fingerprint density at radius 1 is 0.950 bits per heavy atom. The third-order valence-electron chi connectivity index (χ3n) is 7.54. The molecule has 40 heavy (non-hydrogen) atoms. The molecular weight excluding hydrogens is 562 g/mol. The Morgan fingerprint density at radius 3 is 2.25 bits per heavy atom. The molecule has 1 amide bonds. The molecule has 1 aliphatic carbocycles. The normalized spacial score (nSPS) is 17.6. The van der Waals surface area contributed by atoms with E-state index in [1.54, 1.807) is 11.0 Å². The predicted molar refractivity (Wildman–Crippen MR) is 150 cm³/mol. The number of amides is 1. The van der Waals surface area contributed by atoms with Gasteiger partial charge in [0, 0.05) is 33.8 Å². The van der Waals surface area contributed by atoms with E-state index >= 15 is 4.39 Å². The van der Waals surface area contributed by atoms with E-state index in [1.165, 1.54) is 35.6 Å². The average molecular weight is 588 g/mol. The van der Waals surface area contributed by atoms with Gasteiger partial charge in [0.25, 0.3) is 11.7 Å². The van der Waals surface area contributed by atoms with E-state index in [-0.39, 0.29) is 24.1 Å². The van der Waals surface area contributed by atoms with E-state index in [2.05, 4.69) is 6.92 Å². The Balaban J connectivity index is 1.47. The van der Waals surface area contributed by atoms with Crippen molar-refractivity contribution in [2.75, 3.05) is 0 Å². The molecule has 5 rings (SSSR count). The summed E-state index contributed by atoms with van der Waals surface area (Å²) in [6.07, 6.45) is -1.45. The number of nitrogens with zero attached hydrogens (tertiary/aromatic N) is 1. The third-order valence-corrected chi connectivity index (χ3v) is 9.20. The Hall–Kier alpha value is -3.23. The summed E-state index contributed by atoms with van der Waals surface area (Å²) in [5.41, 5.74) is 0.906. The third kappa shape index (κ3) is 5.79. The molecule has 0 N–H and O–H groups in total. The summed E-state index contributed by atoms with van der Waals surface area (Å²) in [4.78, 5) is 27.7. The van der Waals surface area contributed by atoms with Gasteiger partial charge >= 0.3 is 6.18 Å². The highest BCUT2D eigenvalue weighted by Gasteiger charge is 2.39. The van der Waals surface area contributed by atoms with Crippen LogP contribution in [0.1, 0.15) is 58.2 Å². The summed E-state index contributed by atoms with van der Waals surface area (Å²) in [7, 11) is 0. The topological polar surface area (TPSA) is 37.4 Å². The maximum Gasteiger partial charge on any atom is 0.454 e. The van der Waals surface area contributed by atoms with E-state index in [0.717, 1.165) is 47.9 Å². The first-order chi connectivity index (χ1) is 19.0. The van der Waals surface area contributed by atoms with Gasteiger partial charge in [-0.25, -0.2) is 4.39 Å². The number of halogens is 5. The summed E-state index contributed by atoms with van der Waals surface area (Å²) >= 11 is 7.98. The van der Waals surface area contributed by atoms with Crippen molar-refractivity contribution in [3.8, 4) is 11.1 Å². The van der Waals surface area contributed by atoms with Gasteiger partial charge in [-0.3, -0.25) is 9.59 Å². The van der Waals surface area contributed by atoms with Crippen molar-refractivity contribution in [2.45, 2.75) is 51.4 Å². The van der Waals surface area contributed by atoms with Gasteiger partial charge in [0.15, 0.2) is 0 Å². The first-order valence-corrected chi connectivity index (χ1v) is 14.2. The summed E-state index contributed by atoms with van der Waals surface area (Å²) in [6, 6.07) is 16.9. The molecule has 1 aromatic heterocycles. The first-order valence-electron chi connectivity index (χ1n) is 13.0. The molecule has 0 unspecified atom stereocenters. The average Bonchev–Trinajstić information content (AvgIpc) is 3.28. The molecule has 0 aliphatic heterocycles. The minimum absolute atomic E-state index is 0.0206. The van der Waals surface area contributed by atoms with Crippen molar-refractivity contribution in [1.29, 1.82) is 0 Å². The maximum absolute atomic E-state index is 15.2. The number of fused-ring (bicyclic) bond motifs is 1. The fourth-order valence-corrected chi connectivity index (χ4v) is 6.71. The standard InChI is InChI=1S/C31H26ClF4NO2S/c1-18-6-13-23(14-7-18)37(30(39)28-27(32)24-4-2-3-5-26(24)40-28)17-22-16-21(12-15-25(22)33)19-8-10-20(11-9-19)29(38)31(34,35)36/h2-5,8-12,15-16,18,23H,6-7,13-14,17H2,1H3. The molecule has 0 atom stereocenters. The number of hydrogen-bond acceptors (Lipinski definition) is 3. The minimum Gasteiger partial charge on any atom is -0.330 e. The van der Waals surface area contributed by atoms with Crippen LogP contribution in [0.2, 0.25) is 5.02 Å². The SMILES string of the molecule is CC1CCC(N(Cc2cc(-c3ccc(C(=O)C(F)(F)F)cc3)ccc2F)C(=O)c2sc3ccccc3c2Cl)CC1. The minimum atomic E-state index is -4.96. The number of thiophene rings is 1. The fraction of sp³-hybridized carbons (Fsp3) is 0.290. The predicted octanol–water partition coefficient (Wildman–Crippen LogP) is 9.33. The van der Waals surface area contributed by atoms with Crippen LogP contribution in [0.15, 0.2) is 66.7 Å². The fourth-order valence-electron chi connectivity index (χ4n) is 5.24. The van der Waals surface area contributed by atoms with Crippen molar-refractivity contribution < 1.29 is 27.2 Å². The van der Waals surface area contributed by atoms with Crippen LogP contribution in [0.25, 0.3) is 21.2 Å². The van der Waals surface area contributed by atoms with E-state index in [4.69, 9.17) is 11.6 Å². The van der Waals surface area contributed by atoms with Crippen molar-refractivity contribution in [3.05, 3.63) is 93.6 Å². The summed E-state index contributed by atoms with van der Waals surface area (Å²) < 4.78 is 54.4. The van der Waals surface area contributed by atoms with Gasteiger partial charge < -0.3 is 4.90 Å². The number of hydrogen-bond donors (Lipinski definition) is 0. The first kappa shape index (κ1) is 28.3. The Bertz CT molecular complexity index is 1560. The lowest BCUT2D eigenvalue weighted by molar-refractivity contribution is -0.0885. The molecule has 9 heteroatoms. The number of carbonyl (C=O) groups is 2. The number of ketones is 1. The van der Waals surface area contributed by atoms with Crippen LogP contribution < -0.4 is 0 Å². The zero-order chi connectivity index (χ0) is 28.6. The lowest BCUT2D eigenvalue weighted by Gasteiger charge is -2.36. The Labute approximate surface area is 238 Å². The summed E-state index contributed by atoms with van der Waals surface area (Å²) in [6.45, 7) is 2.20. The molecule has 0 radical (unpaired) electrons. The molecular formula is C31H26ClF4NO2S. The number of rotatable bonds is 6. The molecule has 0 saturated heterocycles. The molecule has 0 bridgehead atoms. The summed E-state index contributed by atoms with van der Waals surface area (Å²) in [5.74, 6) is -2.11. The number of benzene rings is 3. The van der Waals surface area contributed by atoms with Crippen LogP contribution in [0, 0.1) is 11.7 Å². The monoisotopic (exact) mass is 587 g/mol. The quantitative estimate of drug-likeness (QED) is 0.166. The second kappa shape index (κ2) is 11.3. The molecule has 1 fully saturated rings. The lowest BCUT2D eigenvalue weighted by atomic mass is 9.86. The van der Waals surface area contributed by atoms with Gasteiger partial charge in [-0.2, -0.15) is 13.2 Å². The zero-order valence-corrected chi connectivity index (χ0v) is 23.2. The van der Waals surface area contributed by atoms with Crippen LogP contribution in [-0.4, -0.2) is 28.8 Å².